The second-order valence-corrected chi connectivity index (χ2v) is 6.07. The molecule has 1 fully saturated rings. The number of carbonyl (C=O) groups excluding carboxylic acids is 1. The van der Waals surface area contributed by atoms with Crippen LogP contribution in [0.15, 0.2) is 28.8 Å². The van der Waals surface area contributed by atoms with E-state index < -0.39 is 0 Å². The zero-order valence-corrected chi connectivity index (χ0v) is 13.5. The molecule has 1 aliphatic rings. The molecule has 1 aromatic carbocycles. The van der Waals surface area contributed by atoms with Crippen molar-refractivity contribution in [1.82, 2.24) is 20.8 Å². The first kappa shape index (κ1) is 16.0. The van der Waals surface area contributed by atoms with Gasteiger partial charge in [0.05, 0.1) is 0 Å². The second-order valence-electron chi connectivity index (χ2n) is 5.63. The predicted molar refractivity (Wildman–Crippen MR) is 87.1 cm³/mol. The van der Waals surface area contributed by atoms with Crippen molar-refractivity contribution in [3.63, 3.8) is 0 Å². The fraction of sp³-hybridized carbons (Fsp3) is 0.438. The summed E-state index contributed by atoms with van der Waals surface area (Å²) in [6, 6.07) is 7.44. The first-order valence-corrected chi connectivity index (χ1v) is 8.17. The Bertz CT molecular complexity index is 650. The van der Waals surface area contributed by atoms with Crippen molar-refractivity contribution in [1.29, 1.82) is 0 Å². The lowest BCUT2D eigenvalue weighted by Gasteiger charge is -2.23. The molecule has 7 heteroatoms. The van der Waals surface area contributed by atoms with E-state index in [1.807, 2.05) is 12.1 Å². The van der Waals surface area contributed by atoms with E-state index in [0.29, 0.717) is 29.6 Å². The van der Waals surface area contributed by atoms with E-state index in [-0.39, 0.29) is 11.9 Å². The minimum atomic E-state index is 0.0185. The summed E-state index contributed by atoms with van der Waals surface area (Å²) in [6.07, 6.45) is 2.91. The second kappa shape index (κ2) is 7.57. The van der Waals surface area contributed by atoms with Gasteiger partial charge in [-0.2, -0.15) is 4.98 Å². The van der Waals surface area contributed by atoms with Crippen LogP contribution in [0.1, 0.15) is 25.2 Å². The standard InChI is InChI=1S/C16H19ClN4O2/c17-12-5-3-11(4-6-12)16-20-15(23-21-16)8-7-14(22)19-13-2-1-9-18-10-13/h3-6,13,18H,1-2,7-10H2,(H,19,22)/t13-/m0/s1. The zero-order chi connectivity index (χ0) is 16.1. The monoisotopic (exact) mass is 334 g/mol. The summed E-state index contributed by atoms with van der Waals surface area (Å²) >= 11 is 5.86. The van der Waals surface area contributed by atoms with Crippen LogP contribution >= 0.6 is 11.6 Å². The van der Waals surface area contributed by atoms with Gasteiger partial charge in [-0.05, 0) is 43.7 Å². The third-order valence-corrected chi connectivity index (χ3v) is 4.05. The number of nitrogens with one attached hydrogen (secondary N) is 2. The van der Waals surface area contributed by atoms with Crippen molar-refractivity contribution in [2.75, 3.05) is 13.1 Å². The van der Waals surface area contributed by atoms with Crippen molar-refractivity contribution in [2.45, 2.75) is 31.7 Å². The van der Waals surface area contributed by atoms with Crippen LogP contribution in [0.2, 0.25) is 5.02 Å². The van der Waals surface area contributed by atoms with Crippen molar-refractivity contribution < 1.29 is 9.32 Å². The molecule has 0 unspecified atom stereocenters. The van der Waals surface area contributed by atoms with Gasteiger partial charge in [0.1, 0.15) is 0 Å². The molecule has 1 atom stereocenters. The number of carbonyl (C=O) groups is 1. The fourth-order valence-electron chi connectivity index (χ4n) is 2.57. The highest BCUT2D eigenvalue weighted by molar-refractivity contribution is 6.30. The van der Waals surface area contributed by atoms with Gasteiger partial charge < -0.3 is 15.2 Å². The van der Waals surface area contributed by atoms with Crippen LogP contribution in [-0.4, -0.2) is 35.2 Å². The average molecular weight is 335 g/mol. The smallest absolute Gasteiger partial charge is 0.227 e. The summed E-state index contributed by atoms with van der Waals surface area (Å²) in [4.78, 5) is 16.3. The van der Waals surface area contributed by atoms with E-state index in [1.165, 1.54) is 0 Å². The van der Waals surface area contributed by atoms with Gasteiger partial charge in [0.25, 0.3) is 0 Å². The summed E-state index contributed by atoms with van der Waals surface area (Å²) in [7, 11) is 0. The minimum Gasteiger partial charge on any atom is -0.352 e. The number of nitrogens with zero attached hydrogens (tertiary/aromatic N) is 2. The maximum absolute atomic E-state index is 12.0. The maximum Gasteiger partial charge on any atom is 0.227 e. The van der Waals surface area contributed by atoms with E-state index in [4.69, 9.17) is 16.1 Å². The fourth-order valence-corrected chi connectivity index (χ4v) is 2.69. The maximum atomic E-state index is 12.0. The van der Waals surface area contributed by atoms with Gasteiger partial charge in [-0.1, -0.05) is 16.8 Å². The molecular formula is C16H19ClN4O2. The first-order chi connectivity index (χ1) is 11.2. The Hall–Kier alpha value is -1.92. The Labute approximate surface area is 139 Å². The molecule has 0 spiro atoms. The Morgan fingerprint density at radius 3 is 2.96 bits per heavy atom. The normalized spacial score (nSPS) is 17.9. The van der Waals surface area contributed by atoms with Gasteiger partial charge in [-0.15, -0.1) is 0 Å². The summed E-state index contributed by atoms with van der Waals surface area (Å²) in [5.41, 5.74) is 0.835. The Morgan fingerprint density at radius 1 is 1.39 bits per heavy atom. The Balaban J connectivity index is 1.50. The number of amides is 1. The number of hydrogen-bond donors (Lipinski definition) is 2. The summed E-state index contributed by atoms with van der Waals surface area (Å²) in [6.45, 7) is 1.87. The SMILES string of the molecule is O=C(CCc1nc(-c2ccc(Cl)cc2)no1)N[C@H]1CCCNC1. The highest BCUT2D eigenvalue weighted by Gasteiger charge is 2.16. The Kier molecular flexibility index (Phi) is 5.25. The quantitative estimate of drug-likeness (QED) is 0.876. The highest BCUT2D eigenvalue weighted by Crippen LogP contribution is 2.19. The van der Waals surface area contributed by atoms with E-state index in [9.17, 15) is 4.79 Å². The predicted octanol–water partition coefficient (Wildman–Crippen LogP) is 2.19. The lowest BCUT2D eigenvalue weighted by Crippen LogP contribution is -2.45. The van der Waals surface area contributed by atoms with Gasteiger partial charge in [0.2, 0.25) is 17.6 Å². The molecule has 1 aliphatic heterocycles. The van der Waals surface area contributed by atoms with E-state index in [2.05, 4.69) is 20.8 Å². The van der Waals surface area contributed by atoms with E-state index in [0.717, 1.165) is 31.5 Å². The van der Waals surface area contributed by atoms with Crippen LogP contribution in [0.5, 0.6) is 0 Å². The van der Waals surface area contributed by atoms with Gasteiger partial charge in [0, 0.05) is 36.0 Å². The molecule has 0 aliphatic carbocycles. The topological polar surface area (TPSA) is 80.0 Å². The van der Waals surface area contributed by atoms with E-state index in [1.54, 1.807) is 12.1 Å². The molecule has 1 aromatic heterocycles. The number of piperidine rings is 1. The van der Waals surface area contributed by atoms with Crippen molar-refractivity contribution in [3.8, 4) is 11.4 Å². The minimum absolute atomic E-state index is 0.0185. The molecule has 2 aromatic rings. The van der Waals surface area contributed by atoms with Crippen LogP contribution in [-0.2, 0) is 11.2 Å². The first-order valence-electron chi connectivity index (χ1n) is 7.79. The van der Waals surface area contributed by atoms with Crippen molar-refractivity contribution >= 4 is 17.5 Å². The number of aryl methyl sites for hydroxylation is 1. The average Bonchev–Trinajstić information content (AvgIpc) is 3.04. The van der Waals surface area contributed by atoms with Gasteiger partial charge in [-0.3, -0.25) is 4.79 Å². The molecule has 6 nitrogen and oxygen atoms in total. The van der Waals surface area contributed by atoms with Crippen LogP contribution in [0, 0.1) is 0 Å². The molecule has 23 heavy (non-hydrogen) atoms. The van der Waals surface area contributed by atoms with Gasteiger partial charge in [-0.25, -0.2) is 0 Å². The number of hydrogen-bond acceptors (Lipinski definition) is 5. The number of aromatic nitrogens is 2. The molecule has 1 amide bonds. The number of benzene rings is 1. The number of halogens is 1. The lowest BCUT2D eigenvalue weighted by atomic mass is 10.1. The lowest BCUT2D eigenvalue weighted by molar-refractivity contribution is -0.121. The molecule has 2 heterocycles. The molecule has 0 radical (unpaired) electrons. The van der Waals surface area contributed by atoms with Crippen LogP contribution in [0.3, 0.4) is 0 Å². The summed E-state index contributed by atoms with van der Waals surface area (Å²) in [5.74, 6) is 0.991. The molecule has 3 rings (SSSR count). The molecule has 122 valence electrons. The van der Waals surface area contributed by atoms with Crippen LogP contribution < -0.4 is 10.6 Å². The Morgan fingerprint density at radius 2 is 2.22 bits per heavy atom. The molecular weight excluding hydrogens is 316 g/mol. The molecule has 2 N–H and O–H groups in total. The molecule has 0 bridgehead atoms. The highest BCUT2D eigenvalue weighted by atomic mass is 35.5. The van der Waals surface area contributed by atoms with Crippen LogP contribution in [0.4, 0.5) is 0 Å². The third-order valence-electron chi connectivity index (χ3n) is 3.80. The summed E-state index contributed by atoms with van der Waals surface area (Å²) in [5, 5.41) is 10.9. The third kappa shape index (κ3) is 4.53. The van der Waals surface area contributed by atoms with Gasteiger partial charge >= 0.3 is 0 Å². The molecule has 1 saturated heterocycles. The van der Waals surface area contributed by atoms with Crippen molar-refractivity contribution in [2.24, 2.45) is 0 Å². The largest absolute Gasteiger partial charge is 0.352 e. The molecule has 0 saturated carbocycles. The zero-order valence-electron chi connectivity index (χ0n) is 12.7. The summed E-state index contributed by atoms with van der Waals surface area (Å²) < 4.78 is 5.20. The van der Waals surface area contributed by atoms with Crippen molar-refractivity contribution in [3.05, 3.63) is 35.2 Å². The number of rotatable bonds is 5. The van der Waals surface area contributed by atoms with Crippen LogP contribution in [0.25, 0.3) is 11.4 Å². The van der Waals surface area contributed by atoms with E-state index >= 15 is 0 Å². The van der Waals surface area contributed by atoms with Gasteiger partial charge in [0.15, 0.2) is 0 Å².